The van der Waals surface area contributed by atoms with Crippen molar-refractivity contribution in [1.29, 1.82) is 0 Å². The van der Waals surface area contributed by atoms with E-state index in [4.69, 9.17) is 0 Å². The number of nitrogens with one attached hydrogen (secondary N) is 2. The van der Waals surface area contributed by atoms with Crippen molar-refractivity contribution < 1.29 is 14.7 Å². The highest BCUT2D eigenvalue weighted by molar-refractivity contribution is 7.13. The van der Waals surface area contributed by atoms with E-state index in [0.29, 0.717) is 10.7 Å². The SMILES string of the molecule is O=C(N[C@@H](CO)C(=O)Nc1nccs1)c1ccc(-c2ccccc2)cc1. The number of benzene rings is 2. The quantitative estimate of drug-likeness (QED) is 0.624. The van der Waals surface area contributed by atoms with Crippen LogP contribution in [0.15, 0.2) is 66.2 Å². The van der Waals surface area contributed by atoms with Crippen molar-refractivity contribution in [2.75, 3.05) is 11.9 Å². The van der Waals surface area contributed by atoms with Gasteiger partial charge in [0, 0.05) is 17.1 Å². The van der Waals surface area contributed by atoms with Gasteiger partial charge in [0.15, 0.2) is 5.13 Å². The molecular weight excluding hydrogens is 350 g/mol. The van der Waals surface area contributed by atoms with Crippen molar-refractivity contribution in [2.45, 2.75) is 6.04 Å². The van der Waals surface area contributed by atoms with E-state index < -0.39 is 24.5 Å². The van der Waals surface area contributed by atoms with Crippen molar-refractivity contribution in [1.82, 2.24) is 10.3 Å². The van der Waals surface area contributed by atoms with Crippen LogP contribution >= 0.6 is 11.3 Å². The molecule has 0 bridgehead atoms. The Labute approximate surface area is 154 Å². The molecule has 0 saturated heterocycles. The Morgan fingerprint density at radius 2 is 1.73 bits per heavy atom. The standard InChI is InChI=1S/C19H17N3O3S/c23-12-16(18(25)22-19-20-10-11-26-19)21-17(24)15-8-6-14(7-9-15)13-4-2-1-3-5-13/h1-11,16,23H,12H2,(H,21,24)(H,20,22,25)/t16-/m0/s1. The maximum atomic E-state index is 12.4. The van der Waals surface area contributed by atoms with Gasteiger partial charge in [0.25, 0.3) is 11.8 Å². The van der Waals surface area contributed by atoms with Crippen LogP contribution < -0.4 is 10.6 Å². The number of thiazole rings is 1. The van der Waals surface area contributed by atoms with Crippen LogP contribution in [-0.2, 0) is 4.79 Å². The number of nitrogens with zero attached hydrogens (tertiary/aromatic N) is 1. The lowest BCUT2D eigenvalue weighted by Crippen LogP contribution is -2.46. The first-order valence-corrected chi connectivity index (χ1v) is 8.83. The van der Waals surface area contributed by atoms with E-state index >= 15 is 0 Å². The van der Waals surface area contributed by atoms with Gasteiger partial charge in [-0.1, -0.05) is 42.5 Å². The van der Waals surface area contributed by atoms with Crippen LogP contribution in [-0.4, -0.2) is 34.6 Å². The fraction of sp³-hybridized carbons (Fsp3) is 0.105. The lowest BCUT2D eigenvalue weighted by Gasteiger charge is -2.15. The van der Waals surface area contributed by atoms with Gasteiger partial charge in [-0.3, -0.25) is 9.59 Å². The Balaban J connectivity index is 1.65. The van der Waals surface area contributed by atoms with Gasteiger partial charge in [0.1, 0.15) is 6.04 Å². The number of aliphatic hydroxyl groups excluding tert-OH is 1. The van der Waals surface area contributed by atoms with Crippen LogP contribution in [0.1, 0.15) is 10.4 Å². The smallest absolute Gasteiger partial charge is 0.251 e. The molecule has 0 fully saturated rings. The molecule has 1 atom stereocenters. The number of carbonyl (C=O) groups excluding carboxylic acids is 2. The number of aromatic nitrogens is 1. The predicted octanol–water partition coefficient (Wildman–Crippen LogP) is 2.54. The molecular formula is C19H17N3O3S. The lowest BCUT2D eigenvalue weighted by molar-refractivity contribution is -0.118. The van der Waals surface area contributed by atoms with Crippen LogP contribution in [0.3, 0.4) is 0 Å². The van der Waals surface area contributed by atoms with E-state index in [-0.39, 0.29) is 0 Å². The molecule has 0 saturated carbocycles. The predicted molar refractivity (Wildman–Crippen MR) is 101 cm³/mol. The summed E-state index contributed by atoms with van der Waals surface area (Å²) in [5.74, 6) is -0.949. The summed E-state index contributed by atoms with van der Waals surface area (Å²) in [6.07, 6.45) is 1.56. The maximum absolute atomic E-state index is 12.4. The largest absolute Gasteiger partial charge is 0.394 e. The molecule has 6 nitrogen and oxygen atoms in total. The third kappa shape index (κ3) is 4.33. The maximum Gasteiger partial charge on any atom is 0.251 e. The lowest BCUT2D eigenvalue weighted by atomic mass is 10.0. The van der Waals surface area contributed by atoms with Gasteiger partial charge in [-0.2, -0.15) is 0 Å². The number of hydrogen-bond donors (Lipinski definition) is 3. The first-order valence-electron chi connectivity index (χ1n) is 7.95. The van der Waals surface area contributed by atoms with Gasteiger partial charge in [-0.05, 0) is 23.3 Å². The number of hydrogen-bond acceptors (Lipinski definition) is 5. The Morgan fingerprint density at radius 3 is 2.35 bits per heavy atom. The van der Waals surface area contributed by atoms with Crippen molar-refractivity contribution in [3.8, 4) is 11.1 Å². The second-order valence-electron chi connectivity index (χ2n) is 5.48. The van der Waals surface area contributed by atoms with Gasteiger partial charge >= 0.3 is 0 Å². The van der Waals surface area contributed by atoms with Crippen LogP contribution in [0, 0.1) is 0 Å². The van der Waals surface area contributed by atoms with E-state index in [1.54, 1.807) is 23.7 Å². The fourth-order valence-corrected chi connectivity index (χ4v) is 2.89. The molecule has 132 valence electrons. The zero-order valence-corrected chi connectivity index (χ0v) is 14.6. The molecule has 3 N–H and O–H groups in total. The minimum Gasteiger partial charge on any atom is -0.394 e. The summed E-state index contributed by atoms with van der Waals surface area (Å²) < 4.78 is 0. The highest BCUT2D eigenvalue weighted by Crippen LogP contribution is 2.19. The molecule has 3 rings (SSSR count). The molecule has 7 heteroatoms. The molecule has 3 aromatic rings. The minimum absolute atomic E-state index is 0.408. The molecule has 0 aliphatic heterocycles. The Kier molecular flexibility index (Phi) is 5.73. The summed E-state index contributed by atoms with van der Waals surface area (Å²) in [6, 6.07) is 15.8. The summed E-state index contributed by atoms with van der Waals surface area (Å²) in [4.78, 5) is 28.4. The Hall–Kier alpha value is -3.03. The fourth-order valence-electron chi connectivity index (χ4n) is 2.36. The normalized spacial score (nSPS) is 11.6. The van der Waals surface area contributed by atoms with Gasteiger partial charge in [-0.25, -0.2) is 4.98 Å². The third-order valence-electron chi connectivity index (χ3n) is 3.72. The molecule has 0 spiro atoms. The summed E-state index contributed by atoms with van der Waals surface area (Å²) in [7, 11) is 0. The first-order chi connectivity index (χ1) is 12.7. The number of amides is 2. The number of rotatable bonds is 6. The van der Waals surface area contributed by atoms with E-state index in [1.807, 2.05) is 42.5 Å². The average molecular weight is 367 g/mol. The zero-order valence-electron chi connectivity index (χ0n) is 13.8. The molecule has 1 heterocycles. The van der Waals surface area contributed by atoms with Crippen LogP contribution in [0.2, 0.25) is 0 Å². The minimum atomic E-state index is -1.06. The van der Waals surface area contributed by atoms with Crippen molar-refractivity contribution >= 4 is 28.3 Å². The van der Waals surface area contributed by atoms with Crippen LogP contribution in [0.25, 0.3) is 11.1 Å². The summed E-state index contributed by atoms with van der Waals surface area (Å²) in [6.45, 7) is -0.509. The molecule has 26 heavy (non-hydrogen) atoms. The third-order valence-corrected chi connectivity index (χ3v) is 4.41. The number of carbonyl (C=O) groups is 2. The summed E-state index contributed by atoms with van der Waals surface area (Å²) in [5.41, 5.74) is 2.45. The highest BCUT2D eigenvalue weighted by Gasteiger charge is 2.21. The van der Waals surface area contributed by atoms with E-state index in [1.165, 1.54) is 11.3 Å². The molecule has 0 unspecified atom stereocenters. The number of aliphatic hydroxyl groups is 1. The monoisotopic (exact) mass is 367 g/mol. The van der Waals surface area contributed by atoms with Crippen LogP contribution in [0.4, 0.5) is 5.13 Å². The van der Waals surface area contributed by atoms with Gasteiger partial charge in [0.2, 0.25) is 0 Å². The second-order valence-corrected chi connectivity index (χ2v) is 6.37. The molecule has 1 aromatic heterocycles. The first kappa shape index (κ1) is 17.8. The Morgan fingerprint density at radius 1 is 1.04 bits per heavy atom. The van der Waals surface area contributed by atoms with Crippen LogP contribution in [0.5, 0.6) is 0 Å². The van der Waals surface area contributed by atoms with E-state index in [0.717, 1.165) is 11.1 Å². The highest BCUT2D eigenvalue weighted by atomic mass is 32.1. The second kappa shape index (κ2) is 8.37. The topological polar surface area (TPSA) is 91.3 Å². The summed E-state index contributed by atoms with van der Waals surface area (Å²) >= 11 is 1.26. The van der Waals surface area contributed by atoms with Gasteiger partial charge < -0.3 is 15.7 Å². The van der Waals surface area contributed by atoms with Gasteiger partial charge in [0.05, 0.1) is 6.61 Å². The molecule has 0 aliphatic rings. The molecule has 0 radical (unpaired) electrons. The van der Waals surface area contributed by atoms with E-state index in [9.17, 15) is 14.7 Å². The van der Waals surface area contributed by atoms with Gasteiger partial charge in [-0.15, -0.1) is 11.3 Å². The average Bonchev–Trinajstić information content (AvgIpc) is 3.19. The number of anilines is 1. The van der Waals surface area contributed by atoms with Crippen molar-refractivity contribution in [3.05, 3.63) is 71.7 Å². The zero-order chi connectivity index (χ0) is 18.4. The molecule has 2 amide bonds. The van der Waals surface area contributed by atoms with Crippen molar-refractivity contribution in [2.24, 2.45) is 0 Å². The molecule has 0 aliphatic carbocycles. The molecule has 2 aromatic carbocycles. The summed E-state index contributed by atoms with van der Waals surface area (Å²) in [5, 5.41) is 16.6. The Bertz CT molecular complexity index is 865. The van der Waals surface area contributed by atoms with E-state index in [2.05, 4.69) is 15.6 Å². The van der Waals surface area contributed by atoms with Crippen molar-refractivity contribution in [3.63, 3.8) is 0 Å².